The van der Waals surface area contributed by atoms with E-state index in [0.717, 1.165) is 5.56 Å². The van der Waals surface area contributed by atoms with Crippen LogP contribution in [-0.4, -0.2) is 19.7 Å². The lowest BCUT2D eigenvalue weighted by atomic mass is 10.1. The summed E-state index contributed by atoms with van der Waals surface area (Å²) < 4.78 is 15.9. The number of nitrogens with zero attached hydrogens (tertiary/aromatic N) is 1. The first-order valence-corrected chi connectivity index (χ1v) is 7.81. The molecule has 0 bridgehead atoms. The first kappa shape index (κ1) is 18.1. The van der Waals surface area contributed by atoms with Crippen LogP contribution in [0.15, 0.2) is 48.5 Å². The fourth-order valence-corrected chi connectivity index (χ4v) is 2.18. The minimum atomic E-state index is -0.485. The van der Waals surface area contributed by atoms with E-state index >= 15 is 0 Å². The number of hydrogen-bond donors (Lipinski definition) is 0. The normalized spacial score (nSPS) is 10.3. The first-order chi connectivity index (χ1) is 12.2. The Balaban J connectivity index is 2.00. The molecule has 5 heteroatoms. The number of carbonyl (C=O) groups is 1. The van der Waals surface area contributed by atoms with Crippen LogP contribution in [0.5, 0.6) is 11.5 Å². The molecular weight excluding hydrogens is 318 g/mol. The van der Waals surface area contributed by atoms with Crippen molar-refractivity contribution in [3.8, 4) is 17.6 Å². The standard InChI is InChI=1S/C20H19NO4/c1-3-24-19-12-15(8-10-18(19)23-2)9-11-20(22)25-14-17-7-5-4-6-16(17)13-21/h4-12H,3,14H2,1-2H3/b11-9+. The third kappa shape index (κ3) is 5.11. The highest BCUT2D eigenvalue weighted by molar-refractivity contribution is 5.87. The molecular formula is C20H19NO4. The maximum Gasteiger partial charge on any atom is 0.331 e. The van der Waals surface area contributed by atoms with Crippen LogP contribution in [0.4, 0.5) is 0 Å². The molecule has 0 aliphatic heterocycles. The highest BCUT2D eigenvalue weighted by Crippen LogP contribution is 2.28. The van der Waals surface area contributed by atoms with Gasteiger partial charge in [0.05, 0.1) is 25.3 Å². The largest absolute Gasteiger partial charge is 0.493 e. The van der Waals surface area contributed by atoms with E-state index in [4.69, 9.17) is 19.5 Å². The van der Waals surface area contributed by atoms with Gasteiger partial charge in [0.15, 0.2) is 11.5 Å². The fourth-order valence-electron chi connectivity index (χ4n) is 2.18. The molecule has 0 amide bonds. The van der Waals surface area contributed by atoms with Gasteiger partial charge in [0.1, 0.15) is 6.61 Å². The summed E-state index contributed by atoms with van der Waals surface area (Å²) in [6, 6.07) is 14.5. The molecule has 0 fully saturated rings. The van der Waals surface area contributed by atoms with E-state index in [0.29, 0.717) is 29.2 Å². The molecule has 0 radical (unpaired) electrons. The molecule has 5 nitrogen and oxygen atoms in total. The Labute approximate surface area is 147 Å². The Morgan fingerprint density at radius 2 is 2.00 bits per heavy atom. The lowest BCUT2D eigenvalue weighted by Gasteiger charge is -2.09. The van der Waals surface area contributed by atoms with Gasteiger partial charge in [0, 0.05) is 11.6 Å². The van der Waals surface area contributed by atoms with Crippen LogP contribution in [0, 0.1) is 11.3 Å². The molecule has 0 saturated heterocycles. The van der Waals surface area contributed by atoms with Gasteiger partial charge >= 0.3 is 5.97 Å². The molecule has 0 aromatic heterocycles. The predicted octanol–water partition coefficient (Wildman–Crippen LogP) is 3.72. The van der Waals surface area contributed by atoms with Crippen LogP contribution in [0.25, 0.3) is 6.08 Å². The van der Waals surface area contributed by atoms with Gasteiger partial charge in [-0.1, -0.05) is 24.3 Å². The Hall–Kier alpha value is -3.26. The van der Waals surface area contributed by atoms with Crippen LogP contribution in [0.1, 0.15) is 23.6 Å². The quantitative estimate of drug-likeness (QED) is 0.569. The molecule has 0 atom stereocenters. The first-order valence-electron chi connectivity index (χ1n) is 7.81. The zero-order valence-electron chi connectivity index (χ0n) is 14.2. The SMILES string of the molecule is CCOc1cc(/C=C/C(=O)OCc2ccccc2C#N)ccc1OC. The fraction of sp³-hybridized carbons (Fsp3) is 0.200. The third-order valence-electron chi connectivity index (χ3n) is 3.41. The predicted molar refractivity (Wildman–Crippen MR) is 94.2 cm³/mol. The number of nitriles is 1. The van der Waals surface area contributed by atoms with Crippen molar-refractivity contribution in [2.24, 2.45) is 0 Å². The molecule has 0 aliphatic carbocycles. The van der Waals surface area contributed by atoms with Crippen molar-refractivity contribution < 1.29 is 19.0 Å². The topological polar surface area (TPSA) is 68.5 Å². The monoisotopic (exact) mass is 337 g/mol. The highest BCUT2D eigenvalue weighted by Gasteiger charge is 2.06. The van der Waals surface area contributed by atoms with Gasteiger partial charge in [-0.05, 0) is 36.8 Å². The summed E-state index contributed by atoms with van der Waals surface area (Å²) in [5.74, 6) is 0.764. The average Bonchev–Trinajstić information content (AvgIpc) is 2.65. The summed E-state index contributed by atoms with van der Waals surface area (Å²) in [6.07, 6.45) is 2.98. The maximum atomic E-state index is 11.9. The van der Waals surface area contributed by atoms with Crippen molar-refractivity contribution in [2.45, 2.75) is 13.5 Å². The zero-order chi connectivity index (χ0) is 18.1. The Kier molecular flexibility index (Phi) is 6.61. The Morgan fingerprint density at radius 3 is 2.72 bits per heavy atom. The summed E-state index contributed by atoms with van der Waals surface area (Å²) in [5, 5.41) is 9.02. The molecule has 25 heavy (non-hydrogen) atoms. The summed E-state index contributed by atoms with van der Waals surface area (Å²) in [7, 11) is 1.57. The minimum Gasteiger partial charge on any atom is -0.493 e. The van der Waals surface area contributed by atoms with Crippen LogP contribution < -0.4 is 9.47 Å². The van der Waals surface area contributed by atoms with E-state index in [9.17, 15) is 4.79 Å². The van der Waals surface area contributed by atoms with Crippen LogP contribution >= 0.6 is 0 Å². The van der Waals surface area contributed by atoms with Crippen LogP contribution in [0.2, 0.25) is 0 Å². The van der Waals surface area contributed by atoms with Gasteiger partial charge in [-0.25, -0.2) is 4.79 Å². The molecule has 0 heterocycles. The van der Waals surface area contributed by atoms with Gasteiger partial charge in [-0.3, -0.25) is 0 Å². The lowest BCUT2D eigenvalue weighted by molar-refractivity contribution is -0.138. The van der Waals surface area contributed by atoms with Gasteiger partial charge < -0.3 is 14.2 Å². The van der Waals surface area contributed by atoms with Crippen molar-refractivity contribution >= 4 is 12.0 Å². The zero-order valence-corrected chi connectivity index (χ0v) is 14.2. The molecule has 0 N–H and O–H groups in total. The molecule has 0 aliphatic rings. The van der Waals surface area contributed by atoms with E-state index < -0.39 is 5.97 Å². The van der Waals surface area contributed by atoms with E-state index in [1.54, 1.807) is 49.6 Å². The Morgan fingerprint density at radius 1 is 1.20 bits per heavy atom. The average molecular weight is 337 g/mol. The number of rotatable bonds is 7. The molecule has 0 spiro atoms. The number of hydrogen-bond acceptors (Lipinski definition) is 5. The van der Waals surface area contributed by atoms with Crippen LogP contribution in [0.3, 0.4) is 0 Å². The molecule has 2 aromatic carbocycles. The van der Waals surface area contributed by atoms with Gasteiger partial charge in [0.2, 0.25) is 0 Å². The Bertz CT molecular complexity index is 806. The van der Waals surface area contributed by atoms with Crippen molar-refractivity contribution in [3.63, 3.8) is 0 Å². The number of carbonyl (C=O) groups excluding carboxylic acids is 1. The number of ether oxygens (including phenoxy) is 3. The number of esters is 1. The summed E-state index contributed by atoms with van der Waals surface area (Å²) >= 11 is 0. The van der Waals surface area contributed by atoms with E-state index in [-0.39, 0.29) is 6.61 Å². The van der Waals surface area contributed by atoms with Crippen molar-refractivity contribution in [3.05, 3.63) is 65.2 Å². The second-order valence-corrected chi connectivity index (χ2v) is 5.05. The van der Waals surface area contributed by atoms with Gasteiger partial charge in [-0.15, -0.1) is 0 Å². The van der Waals surface area contributed by atoms with Crippen molar-refractivity contribution in [1.29, 1.82) is 5.26 Å². The van der Waals surface area contributed by atoms with E-state index in [2.05, 4.69) is 6.07 Å². The molecule has 0 unspecified atom stereocenters. The van der Waals surface area contributed by atoms with E-state index in [1.807, 2.05) is 13.0 Å². The minimum absolute atomic E-state index is 0.0553. The molecule has 2 aromatic rings. The summed E-state index contributed by atoms with van der Waals surface area (Å²) in [5.41, 5.74) is 1.96. The number of benzene rings is 2. The van der Waals surface area contributed by atoms with Gasteiger partial charge in [0.25, 0.3) is 0 Å². The second-order valence-electron chi connectivity index (χ2n) is 5.05. The van der Waals surface area contributed by atoms with Crippen LogP contribution in [-0.2, 0) is 16.1 Å². The number of methoxy groups -OCH3 is 1. The lowest BCUT2D eigenvalue weighted by Crippen LogP contribution is -2.02. The highest BCUT2D eigenvalue weighted by atomic mass is 16.5. The van der Waals surface area contributed by atoms with E-state index in [1.165, 1.54) is 6.08 Å². The third-order valence-corrected chi connectivity index (χ3v) is 3.41. The van der Waals surface area contributed by atoms with Crippen molar-refractivity contribution in [1.82, 2.24) is 0 Å². The maximum absolute atomic E-state index is 11.9. The smallest absolute Gasteiger partial charge is 0.331 e. The molecule has 2 rings (SSSR count). The molecule has 128 valence electrons. The second kappa shape index (κ2) is 9.14. The summed E-state index contributed by atoms with van der Waals surface area (Å²) in [6.45, 7) is 2.46. The van der Waals surface area contributed by atoms with Crippen molar-refractivity contribution in [2.75, 3.05) is 13.7 Å². The molecule has 0 saturated carbocycles. The van der Waals surface area contributed by atoms with Gasteiger partial charge in [-0.2, -0.15) is 5.26 Å². The summed E-state index contributed by atoms with van der Waals surface area (Å²) in [4.78, 5) is 11.9.